The summed E-state index contributed by atoms with van der Waals surface area (Å²) in [4.78, 5) is 24.4. The van der Waals surface area contributed by atoms with Gasteiger partial charge >= 0.3 is 0 Å². The number of primary amides is 1. The second kappa shape index (κ2) is 4.56. The number of fused-ring (bicyclic) bond motifs is 1. The Bertz CT molecular complexity index is 501. The summed E-state index contributed by atoms with van der Waals surface area (Å²) in [5.74, 6) is -0.487. The number of anilines is 1. The van der Waals surface area contributed by atoms with E-state index in [1.165, 1.54) is 17.0 Å². The molecule has 96 valence electrons. The van der Waals surface area contributed by atoms with Gasteiger partial charge in [0.25, 0.3) is 5.91 Å². The van der Waals surface area contributed by atoms with E-state index >= 15 is 0 Å². The summed E-state index contributed by atoms with van der Waals surface area (Å²) < 4.78 is 5.51. The van der Waals surface area contributed by atoms with E-state index in [2.05, 4.69) is 0 Å². The molecule has 1 aromatic carbocycles. The van der Waals surface area contributed by atoms with Crippen LogP contribution in [0.3, 0.4) is 0 Å². The zero-order valence-corrected chi connectivity index (χ0v) is 9.92. The molecule has 2 amide bonds. The van der Waals surface area contributed by atoms with Crippen molar-refractivity contribution in [1.82, 2.24) is 0 Å². The minimum Gasteiger partial charge on any atom is -0.508 e. The van der Waals surface area contributed by atoms with E-state index < -0.39 is 12.0 Å². The van der Waals surface area contributed by atoms with Crippen LogP contribution in [-0.2, 0) is 9.59 Å². The molecule has 6 heteroatoms. The van der Waals surface area contributed by atoms with Gasteiger partial charge in [-0.3, -0.25) is 14.5 Å². The van der Waals surface area contributed by atoms with Crippen molar-refractivity contribution in [3.8, 4) is 11.5 Å². The third-order valence-corrected chi connectivity index (χ3v) is 2.73. The number of nitrogens with zero attached hydrogens (tertiary/aromatic N) is 1. The first kappa shape index (κ1) is 12.2. The fourth-order valence-corrected chi connectivity index (χ4v) is 1.89. The van der Waals surface area contributed by atoms with Crippen LogP contribution in [0.15, 0.2) is 18.2 Å². The maximum absolute atomic E-state index is 12.1. The van der Waals surface area contributed by atoms with Gasteiger partial charge in [-0.1, -0.05) is 6.92 Å². The first-order valence-electron chi connectivity index (χ1n) is 5.62. The Kier molecular flexibility index (Phi) is 3.10. The normalized spacial score (nSPS) is 18.2. The maximum atomic E-state index is 12.1. The Morgan fingerprint density at radius 2 is 2.28 bits per heavy atom. The third-order valence-electron chi connectivity index (χ3n) is 2.73. The van der Waals surface area contributed by atoms with Crippen molar-refractivity contribution >= 4 is 17.5 Å². The number of benzene rings is 1. The zero-order chi connectivity index (χ0) is 13.3. The Morgan fingerprint density at radius 3 is 2.89 bits per heavy atom. The highest BCUT2D eigenvalue weighted by atomic mass is 16.5. The highest BCUT2D eigenvalue weighted by Gasteiger charge is 2.34. The number of rotatable bonds is 3. The summed E-state index contributed by atoms with van der Waals surface area (Å²) in [6, 6.07) is 4.40. The standard InChI is InChI=1S/C12H14N2O4/c1-2-9-12(17)14(6-11(13)16)8-5-7(15)3-4-10(8)18-9/h3-5,9,15H,2,6H2,1H3,(H2,13,16). The molecule has 0 aromatic heterocycles. The smallest absolute Gasteiger partial charge is 0.268 e. The largest absolute Gasteiger partial charge is 0.508 e. The van der Waals surface area contributed by atoms with Gasteiger partial charge in [0.15, 0.2) is 6.10 Å². The Balaban J connectivity index is 2.45. The van der Waals surface area contributed by atoms with Crippen molar-refractivity contribution in [2.24, 2.45) is 5.73 Å². The van der Waals surface area contributed by atoms with Crippen molar-refractivity contribution in [2.45, 2.75) is 19.4 Å². The number of amides is 2. The Labute approximate surface area is 104 Å². The average molecular weight is 250 g/mol. The van der Waals surface area contributed by atoms with E-state index in [1.54, 1.807) is 6.07 Å². The maximum Gasteiger partial charge on any atom is 0.268 e. The van der Waals surface area contributed by atoms with E-state index in [0.29, 0.717) is 17.9 Å². The predicted molar refractivity (Wildman–Crippen MR) is 64.4 cm³/mol. The molecular weight excluding hydrogens is 236 g/mol. The van der Waals surface area contributed by atoms with Crippen LogP contribution in [0, 0.1) is 0 Å². The Morgan fingerprint density at radius 1 is 1.56 bits per heavy atom. The van der Waals surface area contributed by atoms with E-state index in [0.717, 1.165) is 0 Å². The average Bonchev–Trinajstić information content (AvgIpc) is 2.32. The topological polar surface area (TPSA) is 92.9 Å². The van der Waals surface area contributed by atoms with E-state index in [9.17, 15) is 14.7 Å². The molecule has 0 radical (unpaired) electrons. The summed E-state index contributed by atoms with van der Waals surface area (Å²) >= 11 is 0. The molecule has 1 unspecified atom stereocenters. The molecule has 1 atom stereocenters. The number of ether oxygens (including phenoxy) is 1. The molecule has 0 saturated carbocycles. The number of nitrogens with two attached hydrogens (primary N) is 1. The molecule has 0 aliphatic carbocycles. The molecule has 0 saturated heterocycles. The van der Waals surface area contributed by atoms with Crippen molar-refractivity contribution in [3.05, 3.63) is 18.2 Å². The van der Waals surface area contributed by atoms with Gasteiger partial charge in [0.05, 0.1) is 5.69 Å². The number of carbonyl (C=O) groups excluding carboxylic acids is 2. The second-order valence-electron chi connectivity index (χ2n) is 4.06. The Hall–Kier alpha value is -2.24. The van der Waals surface area contributed by atoms with Crippen LogP contribution in [-0.4, -0.2) is 29.6 Å². The van der Waals surface area contributed by atoms with Crippen LogP contribution in [0.2, 0.25) is 0 Å². The summed E-state index contributed by atoms with van der Waals surface area (Å²) in [6.45, 7) is 1.59. The highest BCUT2D eigenvalue weighted by molar-refractivity contribution is 6.03. The van der Waals surface area contributed by atoms with Crippen LogP contribution >= 0.6 is 0 Å². The minimum atomic E-state index is -0.624. The molecular formula is C12H14N2O4. The molecule has 2 rings (SSSR count). The van der Waals surface area contributed by atoms with Crippen molar-refractivity contribution in [2.75, 3.05) is 11.4 Å². The number of hydrogen-bond acceptors (Lipinski definition) is 4. The lowest BCUT2D eigenvalue weighted by atomic mass is 10.1. The molecule has 0 spiro atoms. The van der Waals surface area contributed by atoms with Crippen LogP contribution in [0.5, 0.6) is 11.5 Å². The zero-order valence-electron chi connectivity index (χ0n) is 9.92. The molecule has 1 heterocycles. The molecule has 18 heavy (non-hydrogen) atoms. The van der Waals surface area contributed by atoms with Crippen molar-refractivity contribution < 1.29 is 19.4 Å². The van der Waals surface area contributed by atoms with Crippen LogP contribution < -0.4 is 15.4 Å². The summed E-state index contributed by atoms with van der Waals surface area (Å²) in [5.41, 5.74) is 5.50. The van der Waals surface area contributed by atoms with Gasteiger partial charge in [-0.15, -0.1) is 0 Å². The van der Waals surface area contributed by atoms with Gasteiger partial charge in [-0.25, -0.2) is 0 Å². The molecule has 0 bridgehead atoms. The summed E-state index contributed by atoms with van der Waals surface area (Å²) in [5, 5.41) is 9.44. The van der Waals surface area contributed by atoms with Gasteiger partial charge < -0.3 is 15.6 Å². The van der Waals surface area contributed by atoms with Gasteiger partial charge in [0, 0.05) is 6.07 Å². The minimum absolute atomic E-state index is 0.00503. The lowest BCUT2D eigenvalue weighted by Gasteiger charge is -2.33. The number of carbonyl (C=O) groups is 2. The second-order valence-corrected chi connectivity index (χ2v) is 4.06. The quantitative estimate of drug-likeness (QED) is 0.811. The fraction of sp³-hybridized carbons (Fsp3) is 0.333. The molecule has 6 nitrogen and oxygen atoms in total. The first-order chi connectivity index (χ1) is 8.52. The van der Waals surface area contributed by atoms with Crippen molar-refractivity contribution in [3.63, 3.8) is 0 Å². The molecule has 1 aliphatic heterocycles. The van der Waals surface area contributed by atoms with Crippen LogP contribution in [0.25, 0.3) is 0 Å². The number of aromatic hydroxyl groups is 1. The van der Waals surface area contributed by atoms with Crippen LogP contribution in [0.4, 0.5) is 5.69 Å². The molecule has 0 fully saturated rings. The fourth-order valence-electron chi connectivity index (χ4n) is 1.89. The number of hydrogen-bond donors (Lipinski definition) is 2. The van der Waals surface area contributed by atoms with Gasteiger partial charge in [-0.2, -0.15) is 0 Å². The van der Waals surface area contributed by atoms with E-state index in [4.69, 9.17) is 10.5 Å². The number of phenols is 1. The van der Waals surface area contributed by atoms with Crippen molar-refractivity contribution in [1.29, 1.82) is 0 Å². The highest BCUT2D eigenvalue weighted by Crippen LogP contribution is 2.36. The third kappa shape index (κ3) is 2.09. The monoisotopic (exact) mass is 250 g/mol. The number of phenolic OH excluding ortho intramolecular Hbond substituents is 1. The van der Waals surface area contributed by atoms with Gasteiger partial charge in [0.2, 0.25) is 5.91 Å². The first-order valence-corrected chi connectivity index (χ1v) is 5.62. The summed E-state index contributed by atoms with van der Waals surface area (Å²) in [6.07, 6.45) is -0.129. The lowest BCUT2D eigenvalue weighted by molar-refractivity contribution is -0.128. The van der Waals surface area contributed by atoms with Crippen LogP contribution in [0.1, 0.15) is 13.3 Å². The lowest BCUT2D eigenvalue weighted by Crippen LogP contribution is -2.48. The summed E-state index contributed by atoms with van der Waals surface area (Å²) in [7, 11) is 0. The molecule has 1 aliphatic rings. The van der Waals surface area contributed by atoms with E-state index in [-0.39, 0.29) is 18.2 Å². The van der Waals surface area contributed by atoms with E-state index in [1.807, 2.05) is 6.92 Å². The predicted octanol–water partition coefficient (Wildman–Crippen LogP) is 0.381. The molecule has 1 aromatic rings. The van der Waals surface area contributed by atoms with Gasteiger partial charge in [0.1, 0.15) is 18.0 Å². The SMILES string of the molecule is CCC1Oc2ccc(O)cc2N(CC(N)=O)C1=O. The van der Waals surface area contributed by atoms with Gasteiger partial charge in [-0.05, 0) is 18.6 Å². The molecule has 3 N–H and O–H groups in total.